The monoisotopic (exact) mass is 550 g/mol. The van der Waals surface area contributed by atoms with E-state index in [0.29, 0.717) is 22.6 Å². The fourth-order valence-electron chi connectivity index (χ4n) is 4.61. The van der Waals surface area contributed by atoms with Crippen molar-refractivity contribution in [3.05, 3.63) is 83.6 Å². The van der Waals surface area contributed by atoms with Gasteiger partial charge in [-0.1, -0.05) is 41.6 Å². The summed E-state index contributed by atoms with van der Waals surface area (Å²) in [6, 6.07) is 11.7. The molecule has 1 saturated carbocycles. The number of methoxy groups -OCH3 is 1. The molecule has 1 fully saturated rings. The second kappa shape index (κ2) is 9.85. The highest BCUT2D eigenvalue weighted by Crippen LogP contribution is 2.46. The molecule has 0 radical (unpaired) electrons. The largest absolute Gasteiger partial charge is 0.480 e. The van der Waals surface area contributed by atoms with E-state index in [4.69, 9.17) is 9.26 Å². The molecule has 0 spiro atoms. The van der Waals surface area contributed by atoms with Crippen molar-refractivity contribution in [3.8, 4) is 39.8 Å². The van der Waals surface area contributed by atoms with Crippen molar-refractivity contribution in [2.75, 3.05) is 7.11 Å². The molecular weight excluding hydrogens is 528 g/mol. The van der Waals surface area contributed by atoms with Gasteiger partial charge in [0.05, 0.1) is 30.4 Å². The Labute approximate surface area is 225 Å². The third-order valence-corrected chi connectivity index (χ3v) is 6.71. The number of hydrogen-bond donors (Lipinski definition) is 0. The molecular formula is C28H22F4N6O2. The Bertz CT molecular complexity index is 1690. The van der Waals surface area contributed by atoms with Crippen LogP contribution in [0.2, 0.25) is 0 Å². The standard InChI is InChI=1S/C28H22F4N6O2/c1-38-13-20(28(30,31)32)35-26(38)17-8-6-15(7-9-17)12-21-36-25(37-40-21)19-5-3-4-18(23(19)29)22-24(16-10-11-16)33-14-34-27(22)39-2/h3-9,13-14,16H,10-12H2,1-2H3. The zero-order valence-electron chi connectivity index (χ0n) is 21.4. The average molecular weight is 551 g/mol. The molecule has 0 unspecified atom stereocenters. The first-order valence-corrected chi connectivity index (χ1v) is 12.4. The van der Waals surface area contributed by atoms with Gasteiger partial charge in [0.1, 0.15) is 18.0 Å². The van der Waals surface area contributed by atoms with Crippen LogP contribution in [0.5, 0.6) is 5.88 Å². The molecule has 3 aromatic heterocycles. The van der Waals surface area contributed by atoms with Crippen molar-refractivity contribution in [1.82, 2.24) is 29.7 Å². The number of benzene rings is 2. The molecule has 0 aliphatic heterocycles. The predicted octanol–water partition coefficient (Wildman–Crippen LogP) is 6.23. The van der Waals surface area contributed by atoms with Gasteiger partial charge in [-0.25, -0.2) is 19.3 Å². The Kier molecular flexibility index (Phi) is 6.32. The van der Waals surface area contributed by atoms with Crippen LogP contribution in [0.4, 0.5) is 17.6 Å². The number of ether oxygens (including phenoxy) is 1. The second-order valence-corrected chi connectivity index (χ2v) is 9.53. The van der Waals surface area contributed by atoms with E-state index in [1.165, 1.54) is 25.1 Å². The summed E-state index contributed by atoms with van der Waals surface area (Å²) in [4.78, 5) is 16.7. The number of aryl methyl sites for hydroxylation is 1. The highest BCUT2D eigenvalue weighted by Gasteiger charge is 2.35. The zero-order valence-corrected chi connectivity index (χ0v) is 21.4. The number of halogens is 4. The molecule has 204 valence electrons. The number of imidazole rings is 1. The van der Waals surface area contributed by atoms with Crippen LogP contribution < -0.4 is 4.74 Å². The lowest BCUT2D eigenvalue weighted by Gasteiger charge is -2.13. The minimum atomic E-state index is -4.52. The lowest BCUT2D eigenvalue weighted by atomic mass is 9.99. The molecule has 2 aromatic carbocycles. The van der Waals surface area contributed by atoms with Crippen LogP contribution in [0.1, 0.15) is 41.6 Å². The van der Waals surface area contributed by atoms with Crippen molar-refractivity contribution >= 4 is 0 Å². The molecule has 0 N–H and O–H groups in total. The van der Waals surface area contributed by atoms with Crippen molar-refractivity contribution in [2.24, 2.45) is 7.05 Å². The van der Waals surface area contributed by atoms with E-state index in [2.05, 4.69) is 25.1 Å². The Morgan fingerprint density at radius 3 is 2.45 bits per heavy atom. The van der Waals surface area contributed by atoms with Crippen LogP contribution in [0.25, 0.3) is 33.9 Å². The van der Waals surface area contributed by atoms with Gasteiger partial charge in [-0.3, -0.25) is 0 Å². The zero-order chi connectivity index (χ0) is 28.0. The Hall–Kier alpha value is -4.61. The van der Waals surface area contributed by atoms with Crippen molar-refractivity contribution in [1.29, 1.82) is 0 Å². The molecule has 6 rings (SSSR count). The summed E-state index contributed by atoms with van der Waals surface area (Å²) in [7, 11) is 2.99. The van der Waals surface area contributed by atoms with Crippen molar-refractivity contribution in [3.63, 3.8) is 0 Å². The van der Waals surface area contributed by atoms with Gasteiger partial charge in [0, 0.05) is 30.3 Å². The second-order valence-electron chi connectivity index (χ2n) is 9.53. The van der Waals surface area contributed by atoms with E-state index >= 15 is 4.39 Å². The quantitative estimate of drug-likeness (QED) is 0.222. The van der Waals surface area contributed by atoms with E-state index in [1.807, 2.05) is 0 Å². The molecule has 0 bridgehead atoms. The fraction of sp³-hybridized carbons (Fsp3) is 0.250. The lowest BCUT2D eigenvalue weighted by Crippen LogP contribution is -2.04. The predicted molar refractivity (Wildman–Crippen MR) is 136 cm³/mol. The van der Waals surface area contributed by atoms with Crippen molar-refractivity contribution in [2.45, 2.75) is 31.4 Å². The SMILES string of the molecule is COc1ncnc(C2CC2)c1-c1cccc(-c2noc(Cc3ccc(-c4nc(C(F)(F)F)cn4C)cc3)n2)c1F. The van der Waals surface area contributed by atoms with E-state index in [-0.39, 0.29) is 35.4 Å². The Balaban J connectivity index is 1.25. The fourth-order valence-corrected chi connectivity index (χ4v) is 4.61. The third-order valence-electron chi connectivity index (χ3n) is 6.71. The molecule has 0 amide bonds. The van der Waals surface area contributed by atoms with Gasteiger partial charge in [0.2, 0.25) is 17.6 Å². The van der Waals surface area contributed by atoms with Gasteiger partial charge in [-0.15, -0.1) is 0 Å². The number of alkyl halides is 3. The molecule has 40 heavy (non-hydrogen) atoms. The average Bonchev–Trinajstić information content (AvgIpc) is 3.56. The van der Waals surface area contributed by atoms with Crippen LogP contribution in [0.15, 0.2) is 59.5 Å². The lowest BCUT2D eigenvalue weighted by molar-refractivity contribution is -0.140. The number of hydrogen-bond acceptors (Lipinski definition) is 7. The summed E-state index contributed by atoms with van der Waals surface area (Å²) < 4.78 is 67.1. The molecule has 0 atom stereocenters. The first kappa shape index (κ1) is 25.7. The van der Waals surface area contributed by atoms with Gasteiger partial charge in [-0.2, -0.15) is 18.2 Å². The summed E-state index contributed by atoms with van der Waals surface area (Å²) in [5.74, 6) is 0.528. The normalized spacial score (nSPS) is 13.6. The minimum absolute atomic E-state index is 0.0856. The van der Waals surface area contributed by atoms with Crippen molar-refractivity contribution < 1.29 is 26.8 Å². The summed E-state index contributed by atoms with van der Waals surface area (Å²) in [6.45, 7) is 0. The van der Waals surface area contributed by atoms with E-state index in [1.54, 1.807) is 42.5 Å². The van der Waals surface area contributed by atoms with Crippen LogP contribution >= 0.6 is 0 Å². The maximum atomic E-state index is 15.9. The maximum absolute atomic E-state index is 15.9. The molecule has 5 aromatic rings. The van der Waals surface area contributed by atoms with Gasteiger partial charge in [0.15, 0.2) is 5.69 Å². The van der Waals surface area contributed by atoms with Crippen LogP contribution in [0.3, 0.4) is 0 Å². The number of aromatic nitrogens is 6. The van der Waals surface area contributed by atoms with Crippen LogP contribution in [0, 0.1) is 5.82 Å². The first-order valence-electron chi connectivity index (χ1n) is 12.4. The summed E-state index contributed by atoms with van der Waals surface area (Å²) in [6.07, 6.45) is 0.0387. The Morgan fingerprint density at radius 1 is 1.02 bits per heavy atom. The van der Waals surface area contributed by atoms with Crippen LogP contribution in [-0.2, 0) is 19.6 Å². The van der Waals surface area contributed by atoms with E-state index in [9.17, 15) is 13.2 Å². The van der Waals surface area contributed by atoms with Crippen LogP contribution in [-0.4, -0.2) is 36.8 Å². The van der Waals surface area contributed by atoms with E-state index < -0.39 is 17.7 Å². The summed E-state index contributed by atoms with van der Waals surface area (Å²) in [5, 5.41) is 3.98. The Morgan fingerprint density at radius 2 is 1.77 bits per heavy atom. The highest BCUT2D eigenvalue weighted by molar-refractivity contribution is 5.76. The van der Waals surface area contributed by atoms with Gasteiger partial charge in [0.25, 0.3) is 0 Å². The molecule has 12 heteroatoms. The number of nitrogens with zero attached hydrogens (tertiary/aromatic N) is 6. The molecule has 3 heterocycles. The molecule has 0 saturated heterocycles. The highest BCUT2D eigenvalue weighted by atomic mass is 19.4. The maximum Gasteiger partial charge on any atom is 0.434 e. The molecule has 1 aliphatic rings. The third kappa shape index (κ3) is 4.80. The van der Waals surface area contributed by atoms with E-state index in [0.717, 1.165) is 30.3 Å². The van der Waals surface area contributed by atoms with Gasteiger partial charge < -0.3 is 13.8 Å². The topological polar surface area (TPSA) is 91.8 Å². The summed E-state index contributed by atoms with van der Waals surface area (Å²) in [5.41, 5.74) is 2.07. The smallest absolute Gasteiger partial charge is 0.434 e. The minimum Gasteiger partial charge on any atom is -0.480 e. The molecule has 1 aliphatic carbocycles. The first-order chi connectivity index (χ1) is 19.2. The van der Waals surface area contributed by atoms with Gasteiger partial charge in [-0.05, 0) is 24.5 Å². The van der Waals surface area contributed by atoms with Gasteiger partial charge >= 0.3 is 6.18 Å². The molecule has 8 nitrogen and oxygen atoms in total. The summed E-state index contributed by atoms with van der Waals surface area (Å²) >= 11 is 0. The number of rotatable bonds is 7.